The number of benzene rings is 1. The molecule has 0 amide bonds. The van der Waals surface area contributed by atoms with Crippen molar-refractivity contribution in [1.29, 1.82) is 0 Å². The lowest BCUT2D eigenvalue weighted by Crippen LogP contribution is -2.19. The molecule has 1 heterocycles. The standard InChI is InChI=1S/C18H24BrNS/c1-11(2)13-6-7-14(15(10-13)12(3)4)17(20-5)18-16(19)8-9-21-18/h6-12,17,20H,1-5H3. The van der Waals surface area contributed by atoms with Crippen LogP contribution in [0, 0.1) is 0 Å². The van der Waals surface area contributed by atoms with Gasteiger partial charge in [-0.2, -0.15) is 0 Å². The van der Waals surface area contributed by atoms with Gasteiger partial charge in [-0.05, 0) is 63.0 Å². The Morgan fingerprint density at radius 2 is 1.71 bits per heavy atom. The molecule has 0 saturated carbocycles. The van der Waals surface area contributed by atoms with E-state index in [1.165, 1.54) is 26.0 Å². The Morgan fingerprint density at radius 1 is 1.00 bits per heavy atom. The van der Waals surface area contributed by atoms with Gasteiger partial charge in [-0.15, -0.1) is 11.3 Å². The van der Waals surface area contributed by atoms with Gasteiger partial charge in [0.15, 0.2) is 0 Å². The maximum Gasteiger partial charge on any atom is 0.0682 e. The van der Waals surface area contributed by atoms with Crippen molar-refractivity contribution in [2.24, 2.45) is 0 Å². The van der Waals surface area contributed by atoms with Gasteiger partial charge in [0.25, 0.3) is 0 Å². The molecule has 2 rings (SSSR count). The number of nitrogens with one attached hydrogen (secondary N) is 1. The molecule has 2 aromatic rings. The summed E-state index contributed by atoms with van der Waals surface area (Å²) in [7, 11) is 2.04. The van der Waals surface area contributed by atoms with Gasteiger partial charge in [0.05, 0.1) is 6.04 Å². The molecular weight excluding hydrogens is 342 g/mol. The van der Waals surface area contributed by atoms with Crippen molar-refractivity contribution in [3.63, 3.8) is 0 Å². The average Bonchev–Trinajstić information content (AvgIpc) is 2.86. The quantitative estimate of drug-likeness (QED) is 0.678. The lowest BCUT2D eigenvalue weighted by atomic mass is 9.88. The highest BCUT2D eigenvalue weighted by atomic mass is 79.9. The lowest BCUT2D eigenvalue weighted by Gasteiger charge is -2.23. The first kappa shape index (κ1) is 16.7. The summed E-state index contributed by atoms with van der Waals surface area (Å²) in [5.74, 6) is 1.09. The molecule has 1 nitrogen and oxygen atoms in total. The fraction of sp³-hybridized carbons (Fsp3) is 0.444. The zero-order valence-corrected chi connectivity index (χ0v) is 15.8. The summed E-state index contributed by atoms with van der Waals surface area (Å²) < 4.78 is 1.19. The second-order valence-electron chi connectivity index (χ2n) is 6.05. The fourth-order valence-electron chi connectivity index (χ4n) is 2.65. The average molecular weight is 366 g/mol. The summed E-state index contributed by atoms with van der Waals surface area (Å²) >= 11 is 5.47. The highest BCUT2D eigenvalue weighted by molar-refractivity contribution is 9.10. The normalized spacial score (nSPS) is 13.1. The molecule has 0 aliphatic carbocycles. The third kappa shape index (κ3) is 3.58. The summed E-state index contributed by atoms with van der Waals surface area (Å²) in [4.78, 5) is 1.34. The molecule has 0 spiro atoms. The van der Waals surface area contributed by atoms with E-state index < -0.39 is 0 Å². The van der Waals surface area contributed by atoms with Gasteiger partial charge in [0.2, 0.25) is 0 Å². The predicted octanol–water partition coefficient (Wildman–Crippen LogP) is 6.07. The number of hydrogen-bond donors (Lipinski definition) is 1. The van der Waals surface area contributed by atoms with Crippen LogP contribution in [-0.2, 0) is 0 Å². The largest absolute Gasteiger partial charge is 0.309 e. The maximum absolute atomic E-state index is 3.67. The molecule has 1 aromatic carbocycles. The van der Waals surface area contributed by atoms with Crippen LogP contribution in [0.3, 0.4) is 0 Å². The monoisotopic (exact) mass is 365 g/mol. The lowest BCUT2D eigenvalue weighted by molar-refractivity contribution is 0.680. The summed E-state index contributed by atoms with van der Waals surface area (Å²) in [6, 6.07) is 9.34. The first-order chi connectivity index (χ1) is 9.95. The minimum atomic E-state index is 0.248. The molecule has 0 fully saturated rings. The molecule has 21 heavy (non-hydrogen) atoms. The van der Waals surface area contributed by atoms with E-state index in [0.29, 0.717) is 11.8 Å². The summed E-state index contributed by atoms with van der Waals surface area (Å²) in [6.45, 7) is 9.06. The number of thiophene rings is 1. The number of rotatable bonds is 5. The van der Waals surface area contributed by atoms with E-state index in [9.17, 15) is 0 Å². The van der Waals surface area contributed by atoms with Gasteiger partial charge in [0.1, 0.15) is 0 Å². The molecule has 0 saturated heterocycles. The van der Waals surface area contributed by atoms with Crippen molar-refractivity contribution < 1.29 is 0 Å². The van der Waals surface area contributed by atoms with Crippen molar-refractivity contribution in [3.05, 3.63) is 55.7 Å². The van der Waals surface area contributed by atoms with Gasteiger partial charge >= 0.3 is 0 Å². The zero-order chi connectivity index (χ0) is 15.6. The highest BCUT2D eigenvalue weighted by Gasteiger charge is 2.21. The Balaban J connectivity index is 2.53. The molecule has 0 radical (unpaired) electrons. The van der Waals surface area contributed by atoms with Gasteiger partial charge in [-0.1, -0.05) is 45.9 Å². The second kappa shape index (κ2) is 7.08. The first-order valence-corrected chi connectivity index (χ1v) is 9.16. The Bertz CT molecular complexity index is 601. The molecule has 114 valence electrons. The smallest absolute Gasteiger partial charge is 0.0682 e. The van der Waals surface area contributed by atoms with Crippen LogP contribution >= 0.6 is 27.3 Å². The van der Waals surface area contributed by atoms with Crippen LogP contribution in [0.5, 0.6) is 0 Å². The third-order valence-electron chi connectivity index (χ3n) is 3.91. The van der Waals surface area contributed by atoms with E-state index in [1.807, 2.05) is 7.05 Å². The van der Waals surface area contributed by atoms with E-state index in [-0.39, 0.29) is 6.04 Å². The second-order valence-corrected chi connectivity index (χ2v) is 7.85. The molecule has 3 heteroatoms. The first-order valence-electron chi connectivity index (χ1n) is 7.49. The van der Waals surface area contributed by atoms with Crippen LogP contribution in [0.1, 0.15) is 67.1 Å². The zero-order valence-electron chi connectivity index (χ0n) is 13.4. The minimum absolute atomic E-state index is 0.248. The Labute approximate surface area is 140 Å². The van der Waals surface area contributed by atoms with Crippen molar-refractivity contribution in [3.8, 4) is 0 Å². The minimum Gasteiger partial charge on any atom is -0.309 e. The van der Waals surface area contributed by atoms with Gasteiger partial charge in [-0.25, -0.2) is 0 Å². The third-order valence-corrected chi connectivity index (χ3v) is 5.84. The van der Waals surface area contributed by atoms with E-state index in [4.69, 9.17) is 0 Å². The van der Waals surface area contributed by atoms with Gasteiger partial charge in [0, 0.05) is 9.35 Å². The van der Waals surface area contributed by atoms with Crippen LogP contribution in [0.4, 0.5) is 0 Å². The molecular formula is C18H24BrNS. The highest BCUT2D eigenvalue weighted by Crippen LogP contribution is 2.37. The molecule has 0 aliphatic heterocycles. The Morgan fingerprint density at radius 3 is 2.19 bits per heavy atom. The van der Waals surface area contributed by atoms with E-state index in [0.717, 1.165) is 0 Å². The molecule has 1 unspecified atom stereocenters. The SMILES string of the molecule is CNC(c1ccc(C(C)C)cc1C(C)C)c1sccc1Br. The summed E-state index contributed by atoms with van der Waals surface area (Å²) in [5, 5.41) is 5.63. The number of halogens is 1. The van der Waals surface area contributed by atoms with E-state index in [2.05, 4.69) is 78.6 Å². The maximum atomic E-state index is 3.67. The van der Waals surface area contributed by atoms with Crippen molar-refractivity contribution >= 4 is 27.3 Å². The van der Waals surface area contributed by atoms with E-state index >= 15 is 0 Å². The van der Waals surface area contributed by atoms with Crippen LogP contribution in [0.15, 0.2) is 34.1 Å². The Kier molecular flexibility index (Phi) is 5.64. The van der Waals surface area contributed by atoms with Gasteiger partial charge in [-0.3, -0.25) is 0 Å². The molecule has 1 N–H and O–H groups in total. The van der Waals surface area contributed by atoms with Gasteiger partial charge < -0.3 is 5.32 Å². The van der Waals surface area contributed by atoms with E-state index in [1.54, 1.807) is 11.3 Å². The summed E-state index contributed by atoms with van der Waals surface area (Å²) in [6.07, 6.45) is 0. The van der Waals surface area contributed by atoms with Crippen molar-refractivity contribution in [2.75, 3.05) is 7.05 Å². The fourth-order valence-corrected chi connectivity index (χ4v) is 4.38. The number of hydrogen-bond acceptors (Lipinski definition) is 2. The predicted molar refractivity (Wildman–Crippen MR) is 97.5 cm³/mol. The van der Waals surface area contributed by atoms with Crippen molar-refractivity contribution in [1.82, 2.24) is 5.32 Å². The molecule has 0 aliphatic rings. The van der Waals surface area contributed by atoms with Crippen LogP contribution in [0.2, 0.25) is 0 Å². The molecule has 1 aromatic heterocycles. The topological polar surface area (TPSA) is 12.0 Å². The summed E-state index contributed by atoms with van der Waals surface area (Å²) in [5.41, 5.74) is 4.25. The van der Waals surface area contributed by atoms with Crippen molar-refractivity contribution in [2.45, 2.75) is 45.6 Å². The Hall–Kier alpha value is -0.640. The van der Waals surface area contributed by atoms with Crippen LogP contribution in [-0.4, -0.2) is 7.05 Å². The molecule has 0 bridgehead atoms. The van der Waals surface area contributed by atoms with Crippen LogP contribution < -0.4 is 5.32 Å². The molecule has 1 atom stereocenters. The van der Waals surface area contributed by atoms with Crippen LogP contribution in [0.25, 0.3) is 0 Å².